The van der Waals surface area contributed by atoms with Crippen molar-refractivity contribution in [3.05, 3.63) is 23.3 Å². The van der Waals surface area contributed by atoms with Gasteiger partial charge < -0.3 is 15.2 Å². The van der Waals surface area contributed by atoms with E-state index in [1.165, 1.54) is 0 Å². The maximum atomic E-state index is 8.79. The molecule has 0 radical (unpaired) electrons. The summed E-state index contributed by atoms with van der Waals surface area (Å²) in [4.78, 5) is 0. The van der Waals surface area contributed by atoms with Crippen molar-refractivity contribution in [2.45, 2.75) is 6.04 Å². The van der Waals surface area contributed by atoms with E-state index in [2.05, 4.69) is 6.07 Å². The van der Waals surface area contributed by atoms with Gasteiger partial charge in [0, 0.05) is 11.6 Å². The van der Waals surface area contributed by atoms with Gasteiger partial charge in [0.25, 0.3) is 0 Å². The number of hydrogen-bond acceptors (Lipinski definition) is 4. The van der Waals surface area contributed by atoms with Gasteiger partial charge in [-0.2, -0.15) is 5.26 Å². The van der Waals surface area contributed by atoms with Crippen molar-refractivity contribution < 1.29 is 9.47 Å². The SMILES string of the molecule is COc1cc(C#N)cc2c1OCC2N. The Bertz CT molecular complexity index is 409. The smallest absolute Gasteiger partial charge is 0.166 e. The molecule has 72 valence electrons. The molecule has 2 rings (SSSR count). The normalized spacial score (nSPS) is 18.2. The number of hydrogen-bond donors (Lipinski definition) is 1. The van der Waals surface area contributed by atoms with Crippen molar-refractivity contribution in [3.8, 4) is 17.6 Å². The van der Waals surface area contributed by atoms with Crippen molar-refractivity contribution in [1.29, 1.82) is 5.26 Å². The van der Waals surface area contributed by atoms with Gasteiger partial charge in [-0.15, -0.1) is 0 Å². The van der Waals surface area contributed by atoms with Gasteiger partial charge in [0.1, 0.15) is 6.61 Å². The molecule has 1 aliphatic rings. The molecule has 4 nitrogen and oxygen atoms in total. The quantitative estimate of drug-likeness (QED) is 0.716. The van der Waals surface area contributed by atoms with Crippen LogP contribution in [0.25, 0.3) is 0 Å². The summed E-state index contributed by atoms with van der Waals surface area (Å²) >= 11 is 0. The van der Waals surface area contributed by atoms with E-state index in [1.54, 1.807) is 19.2 Å². The standard InChI is InChI=1S/C10H10N2O2/c1-13-9-3-6(4-11)2-7-8(12)5-14-10(7)9/h2-3,8H,5,12H2,1H3. The highest BCUT2D eigenvalue weighted by Gasteiger charge is 2.25. The van der Waals surface area contributed by atoms with Crippen LogP contribution in [-0.2, 0) is 0 Å². The van der Waals surface area contributed by atoms with Gasteiger partial charge in [-0.25, -0.2) is 0 Å². The zero-order valence-electron chi connectivity index (χ0n) is 7.78. The van der Waals surface area contributed by atoms with Crippen LogP contribution in [0.5, 0.6) is 11.5 Å². The summed E-state index contributed by atoms with van der Waals surface area (Å²) in [6.07, 6.45) is 0. The third-order valence-electron chi connectivity index (χ3n) is 2.24. The highest BCUT2D eigenvalue weighted by Crippen LogP contribution is 2.39. The second-order valence-corrected chi connectivity index (χ2v) is 3.13. The second kappa shape index (κ2) is 3.20. The largest absolute Gasteiger partial charge is 0.493 e. The fourth-order valence-corrected chi connectivity index (χ4v) is 1.53. The van der Waals surface area contributed by atoms with Crippen molar-refractivity contribution in [1.82, 2.24) is 0 Å². The van der Waals surface area contributed by atoms with Crippen molar-refractivity contribution >= 4 is 0 Å². The fourth-order valence-electron chi connectivity index (χ4n) is 1.53. The summed E-state index contributed by atoms with van der Waals surface area (Å²) in [6, 6.07) is 5.30. The van der Waals surface area contributed by atoms with Gasteiger partial charge in [0.05, 0.1) is 24.8 Å². The fraction of sp³-hybridized carbons (Fsp3) is 0.300. The molecule has 0 bridgehead atoms. The lowest BCUT2D eigenvalue weighted by Crippen LogP contribution is -2.10. The van der Waals surface area contributed by atoms with E-state index >= 15 is 0 Å². The first-order chi connectivity index (χ1) is 6.76. The zero-order chi connectivity index (χ0) is 10.1. The number of rotatable bonds is 1. The van der Waals surface area contributed by atoms with Crippen LogP contribution in [0.1, 0.15) is 17.2 Å². The molecular formula is C10H10N2O2. The van der Waals surface area contributed by atoms with E-state index in [1.807, 2.05) is 0 Å². The minimum Gasteiger partial charge on any atom is -0.493 e. The van der Waals surface area contributed by atoms with E-state index in [4.69, 9.17) is 20.5 Å². The highest BCUT2D eigenvalue weighted by atomic mass is 16.5. The summed E-state index contributed by atoms with van der Waals surface area (Å²) in [5.41, 5.74) is 7.19. The summed E-state index contributed by atoms with van der Waals surface area (Å²) in [7, 11) is 1.55. The molecule has 0 spiro atoms. The van der Waals surface area contributed by atoms with Crippen LogP contribution in [0.2, 0.25) is 0 Å². The molecule has 0 aromatic heterocycles. The molecule has 1 heterocycles. The average Bonchev–Trinajstić information content (AvgIpc) is 2.59. The lowest BCUT2D eigenvalue weighted by Gasteiger charge is -2.06. The monoisotopic (exact) mass is 190 g/mol. The molecule has 0 saturated heterocycles. The van der Waals surface area contributed by atoms with Crippen molar-refractivity contribution in [3.63, 3.8) is 0 Å². The number of nitrogens with zero attached hydrogens (tertiary/aromatic N) is 1. The number of methoxy groups -OCH3 is 1. The minimum atomic E-state index is -0.160. The molecule has 14 heavy (non-hydrogen) atoms. The molecule has 0 saturated carbocycles. The number of fused-ring (bicyclic) bond motifs is 1. The molecule has 0 fully saturated rings. The van der Waals surface area contributed by atoms with Gasteiger partial charge in [0.15, 0.2) is 11.5 Å². The maximum absolute atomic E-state index is 8.79. The molecule has 1 aromatic rings. The van der Waals surface area contributed by atoms with Crippen molar-refractivity contribution in [2.75, 3.05) is 13.7 Å². The van der Waals surface area contributed by atoms with Crippen LogP contribution in [0.3, 0.4) is 0 Å². The van der Waals surface area contributed by atoms with E-state index in [-0.39, 0.29) is 6.04 Å². The Balaban J connectivity index is 2.59. The Morgan fingerprint density at radius 2 is 2.43 bits per heavy atom. The van der Waals surface area contributed by atoms with Crippen LogP contribution in [0, 0.1) is 11.3 Å². The van der Waals surface area contributed by atoms with Crippen LogP contribution >= 0.6 is 0 Å². The van der Waals surface area contributed by atoms with Gasteiger partial charge in [-0.1, -0.05) is 0 Å². The third kappa shape index (κ3) is 1.19. The second-order valence-electron chi connectivity index (χ2n) is 3.13. The zero-order valence-corrected chi connectivity index (χ0v) is 7.78. The molecule has 1 unspecified atom stereocenters. The van der Waals surface area contributed by atoms with E-state index in [0.29, 0.717) is 23.7 Å². The summed E-state index contributed by atoms with van der Waals surface area (Å²) in [6.45, 7) is 0.445. The maximum Gasteiger partial charge on any atom is 0.166 e. The Labute approximate surface area is 81.8 Å². The first-order valence-corrected chi connectivity index (χ1v) is 4.26. The number of nitrogens with two attached hydrogens (primary N) is 1. The van der Waals surface area contributed by atoms with Crippen molar-refractivity contribution in [2.24, 2.45) is 5.73 Å². The van der Waals surface area contributed by atoms with E-state index in [9.17, 15) is 0 Å². The molecule has 0 aliphatic carbocycles. The Hall–Kier alpha value is -1.73. The predicted molar refractivity (Wildman–Crippen MR) is 50.1 cm³/mol. The van der Waals surface area contributed by atoms with Crippen LogP contribution in [-0.4, -0.2) is 13.7 Å². The van der Waals surface area contributed by atoms with Gasteiger partial charge in [-0.3, -0.25) is 0 Å². The first-order valence-electron chi connectivity index (χ1n) is 4.26. The van der Waals surface area contributed by atoms with Gasteiger partial charge in [-0.05, 0) is 6.07 Å². The number of nitriles is 1. The van der Waals surface area contributed by atoms with E-state index in [0.717, 1.165) is 5.56 Å². The van der Waals surface area contributed by atoms with Crippen LogP contribution in [0.4, 0.5) is 0 Å². The lowest BCUT2D eigenvalue weighted by molar-refractivity contribution is 0.311. The topological polar surface area (TPSA) is 68.3 Å². The molecular weight excluding hydrogens is 180 g/mol. The van der Waals surface area contributed by atoms with Gasteiger partial charge in [0.2, 0.25) is 0 Å². The lowest BCUT2D eigenvalue weighted by atomic mass is 10.1. The average molecular weight is 190 g/mol. The van der Waals surface area contributed by atoms with E-state index < -0.39 is 0 Å². The first kappa shape index (κ1) is 8.85. The number of benzene rings is 1. The summed E-state index contributed by atoms with van der Waals surface area (Å²) in [5, 5.41) is 8.79. The van der Waals surface area contributed by atoms with Crippen LogP contribution in [0.15, 0.2) is 12.1 Å². The Morgan fingerprint density at radius 3 is 3.07 bits per heavy atom. The molecule has 2 N–H and O–H groups in total. The minimum absolute atomic E-state index is 0.160. The third-order valence-corrected chi connectivity index (χ3v) is 2.24. The highest BCUT2D eigenvalue weighted by molar-refractivity contribution is 5.55. The molecule has 1 aliphatic heterocycles. The molecule has 0 amide bonds. The van der Waals surface area contributed by atoms with Crippen LogP contribution < -0.4 is 15.2 Å². The Kier molecular flexibility index (Phi) is 2.02. The summed E-state index contributed by atoms with van der Waals surface area (Å²) < 4.78 is 10.5. The Morgan fingerprint density at radius 1 is 1.64 bits per heavy atom. The molecule has 4 heteroatoms. The molecule has 1 atom stereocenters. The predicted octanol–water partition coefficient (Wildman–Crippen LogP) is 0.959. The number of ether oxygens (including phenoxy) is 2. The van der Waals surface area contributed by atoms with Gasteiger partial charge >= 0.3 is 0 Å². The summed E-state index contributed by atoms with van der Waals surface area (Å²) in [5.74, 6) is 1.24. The molecule has 1 aromatic carbocycles.